The molecule has 1 aliphatic rings. The molecule has 0 saturated carbocycles. The molecule has 29 heavy (non-hydrogen) atoms. The molecule has 7 nitrogen and oxygen atoms in total. The predicted octanol–water partition coefficient (Wildman–Crippen LogP) is 3.62. The highest BCUT2D eigenvalue weighted by molar-refractivity contribution is 5.92. The monoisotopic (exact) mass is 402 g/mol. The molecule has 0 radical (unpaired) electrons. The molecule has 1 heterocycles. The van der Waals surface area contributed by atoms with E-state index in [9.17, 15) is 14.0 Å². The summed E-state index contributed by atoms with van der Waals surface area (Å²) in [5.74, 6) is -0.144. The molecule has 0 unspecified atom stereocenters. The Balaban J connectivity index is 1.49. The zero-order valence-corrected chi connectivity index (χ0v) is 16.1. The molecule has 2 N–H and O–H groups in total. The number of ether oxygens (including phenoxy) is 3. The maximum Gasteiger partial charge on any atom is 0.338 e. The first-order valence-corrected chi connectivity index (χ1v) is 9.40. The Morgan fingerprint density at radius 3 is 2.76 bits per heavy atom. The Morgan fingerprint density at radius 1 is 1.21 bits per heavy atom. The van der Waals surface area contributed by atoms with E-state index in [0.717, 1.165) is 6.42 Å². The molecule has 154 valence electrons. The van der Waals surface area contributed by atoms with Gasteiger partial charge in [0.05, 0.1) is 18.8 Å². The first-order chi connectivity index (χ1) is 14.1. The number of fused-ring (bicyclic) bond motifs is 1. The Labute approximate surface area is 168 Å². The van der Waals surface area contributed by atoms with E-state index in [0.29, 0.717) is 54.3 Å². The summed E-state index contributed by atoms with van der Waals surface area (Å²) in [4.78, 5) is 23.9. The van der Waals surface area contributed by atoms with Crippen molar-refractivity contribution in [3.63, 3.8) is 0 Å². The number of hydrogen-bond donors (Lipinski definition) is 2. The highest BCUT2D eigenvalue weighted by Gasteiger charge is 2.17. The van der Waals surface area contributed by atoms with E-state index in [-0.39, 0.29) is 12.6 Å². The van der Waals surface area contributed by atoms with Crippen molar-refractivity contribution in [2.24, 2.45) is 0 Å². The fraction of sp³-hybridized carbons (Fsp3) is 0.333. The average Bonchev–Trinajstić information content (AvgIpc) is 2.72. The van der Waals surface area contributed by atoms with Crippen molar-refractivity contribution in [2.45, 2.75) is 26.4 Å². The Kier molecular flexibility index (Phi) is 7.02. The van der Waals surface area contributed by atoms with Gasteiger partial charge < -0.3 is 24.8 Å². The minimum atomic E-state index is -0.402. The molecule has 2 aromatic rings. The molecule has 1 aliphatic heterocycles. The van der Waals surface area contributed by atoms with E-state index in [1.807, 2.05) is 6.92 Å². The SMILES string of the molecule is CCCOC(=O)c1ccc(NC(=O)NCCc2cc(F)cc3c2OCOC3)cc1. The molecule has 8 heteroatoms. The van der Waals surface area contributed by atoms with Gasteiger partial charge in [-0.3, -0.25) is 0 Å². The van der Waals surface area contributed by atoms with Gasteiger partial charge in [-0.05, 0) is 54.8 Å². The van der Waals surface area contributed by atoms with Crippen LogP contribution in [-0.4, -0.2) is 31.9 Å². The Morgan fingerprint density at radius 2 is 2.00 bits per heavy atom. The van der Waals surface area contributed by atoms with Crippen molar-refractivity contribution >= 4 is 17.7 Å². The number of amides is 2. The van der Waals surface area contributed by atoms with Gasteiger partial charge in [0.25, 0.3) is 0 Å². The highest BCUT2D eigenvalue weighted by atomic mass is 19.1. The molecule has 0 aromatic heterocycles. The lowest BCUT2D eigenvalue weighted by atomic mass is 10.1. The van der Waals surface area contributed by atoms with Gasteiger partial charge in [0, 0.05) is 17.8 Å². The van der Waals surface area contributed by atoms with Gasteiger partial charge in [-0.25, -0.2) is 14.0 Å². The molecule has 3 rings (SSSR count). The van der Waals surface area contributed by atoms with Crippen LogP contribution in [0.4, 0.5) is 14.9 Å². The number of rotatable bonds is 7. The molecule has 0 bridgehead atoms. The van der Waals surface area contributed by atoms with Gasteiger partial charge in [0.1, 0.15) is 11.6 Å². The Bertz CT molecular complexity index is 870. The van der Waals surface area contributed by atoms with E-state index < -0.39 is 12.0 Å². The fourth-order valence-electron chi connectivity index (χ4n) is 2.90. The Hall–Kier alpha value is -3.13. The van der Waals surface area contributed by atoms with Crippen molar-refractivity contribution in [1.82, 2.24) is 5.32 Å². The van der Waals surface area contributed by atoms with Crippen molar-refractivity contribution in [3.8, 4) is 5.75 Å². The van der Waals surface area contributed by atoms with E-state index >= 15 is 0 Å². The summed E-state index contributed by atoms with van der Waals surface area (Å²) < 4.78 is 29.4. The molecule has 2 aromatic carbocycles. The van der Waals surface area contributed by atoms with Gasteiger partial charge in [-0.2, -0.15) is 0 Å². The second kappa shape index (κ2) is 9.88. The van der Waals surface area contributed by atoms with Crippen molar-refractivity contribution in [1.29, 1.82) is 0 Å². The van der Waals surface area contributed by atoms with Gasteiger partial charge >= 0.3 is 12.0 Å². The molecule has 0 atom stereocenters. The van der Waals surface area contributed by atoms with Gasteiger partial charge in [-0.1, -0.05) is 6.92 Å². The van der Waals surface area contributed by atoms with Crippen molar-refractivity contribution < 1.29 is 28.2 Å². The predicted molar refractivity (Wildman–Crippen MR) is 104 cm³/mol. The number of carbonyl (C=O) groups is 2. The maximum absolute atomic E-state index is 13.7. The lowest BCUT2D eigenvalue weighted by Crippen LogP contribution is -2.30. The number of nitrogens with one attached hydrogen (secondary N) is 2. The number of esters is 1. The molecular weight excluding hydrogens is 379 g/mol. The van der Waals surface area contributed by atoms with Crippen LogP contribution in [0.15, 0.2) is 36.4 Å². The number of urea groups is 1. The third kappa shape index (κ3) is 5.68. The number of hydrogen-bond acceptors (Lipinski definition) is 5. The van der Waals surface area contributed by atoms with E-state index in [2.05, 4.69) is 10.6 Å². The van der Waals surface area contributed by atoms with Gasteiger partial charge in [0.15, 0.2) is 6.79 Å². The number of halogens is 1. The first kappa shape index (κ1) is 20.6. The second-order valence-electron chi connectivity index (χ2n) is 6.51. The van der Waals surface area contributed by atoms with E-state index in [1.165, 1.54) is 12.1 Å². The summed E-state index contributed by atoms with van der Waals surface area (Å²) in [6.07, 6.45) is 1.17. The highest BCUT2D eigenvalue weighted by Crippen LogP contribution is 2.29. The minimum Gasteiger partial charge on any atom is -0.467 e. The van der Waals surface area contributed by atoms with Crippen LogP contribution in [0.2, 0.25) is 0 Å². The molecule has 0 spiro atoms. The second-order valence-corrected chi connectivity index (χ2v) is 6.51. The third-order valence-corrected chi connectivity index (χ3v) is 4.25. The summed E-state index contributed by atoms with van der Waals surface area (Å²) >= 11 is 0. The standard InChI is InChI=1S/C21H23FN2O5/c1-2-9-28-20(25)14-3-5-18(6-4-14)24-21(26)23-8-7-15-10-17(22)11-16-12-27-13-29-19(15)16/h3-6,10-11H,2,7-9,12-13H2,1H3,(H2,23,24,26). The number of anilines is 1. The topological polar surface area (TPSA) is 85.9 Å². The largest absolute Gasteiger partial charge is 0.467 e. The molecular formula is C21H23FN2O5. The summed E-state index contributed by atoms with van der Waals surface area (Å²) in [7, 11) is 0. The summed E-state index contributed by atoms with van der Waals surface area (Å²) in [6.45, 7) is 3.02. The third-order valence-electron chi connectivity index (χ3n) is 4.25. The lowest BCUT2D eigenvalue weighted by molar-refractivity contribution is -0.0172. The van der Waals surface area contributed by atoms with Crippen LogP contribution >= 0.6 is 0 Å². The van der Waals surface area contributed by atoms with Crippen molar-refractivity contribution in [2.75, 3.05) is 25.3 Å². The van der Waals surface area contributed by atoms with Crippen LogP contribution in [0.25, 0.3) is 0 Å². The zero-order valence-electron chi connectivity index (χ0n) is 16.1. The smallest absolute Gasteiger partial charge is 0.338 e. The average molecular weight is 402 g/mol. The maximum atomic E-state index is 13.7. The first-order valence-electron chi connectivity index (χ1n) is 9.40. The lowest BCUT2D eigenvalue weighted by Gasteiger charge is -2.21. The number of benzene rings is 2. The van der Waals surface area contributed by atoms with Crippen molar-refractivity contribution in [3.05, 3.63) is 58.9 Å². The van der Waals surface area contributed by atoms with Gasteiger partial charge in [0.2, 0.25) is 0 Å². The summed E-state index contributed by atoms with van der Waals surface area (Å²) in [6, 6.07) is 8.82. The van der Waals surface area contributed by atoms with Crippen LogP contribution in [0, 0.1) is 5.82 Å². The van der Waals surface area contributed by atoms with Crippen LogP contribution in [0.3, 0.4) is 0 Å². The summed E-state index contributed by atoms with van der Waals surface area (Å²) in [5, 5.41) is 5.40. The molecule has 0 saturated heterocycles. The van der Waals surface area contributed by atoms with E-state index in [1.54, 1.807) is 24.3 Å². The van der Waals surface area contributed by atoms with Crippen LogP contribution < -0.4 is 15.4 Å². The molecule has 0 fully saturated rings. The summed E-state index contributed by atoms with van der Waals surface area (Å²) in [5.41, 5.74) is 2.30. The number of carbonyl (C=O) groups excluding carboxylic acids is 2. The van der Waals surface area contributed by atoms with Gasteiger partial charge in [-0.15, -0.1) is 0 Å². The molecule has 0 aliphatic carbocycles. The zero-order chi connectivity index (χ0) is 20.6. The van der Waals surface area contributed by atoms with Crippen LogP contribution in [0.5, 0.6) is 5.75 Å². The quantitative estimate of drug-likeness (QED) is 0.691. The van der Waals surface area contributed by atoms with E-state index in [4.69, 9.17) is 14.2 Å². The molecule has 2 amide bonds. The normalized spacial score (nSPS) is 12.5. The fourth-order valence-corrected chi connectivity index (χ4v) is 2.90. The van der Waals surface area contributed by atoms with Crippen LogP contribution in [0.1, 0.15) is 34.8 Å². The minimum absolute atomic E-state index is 0.127. The van der Waals surface area contributed by atoms with Crippen LogP contribution in [-0.2, 0) is 22.5 Å².